The first kappa shape index (κ1) is 14.5. The molecule has 0 N–H and O–H groups in total. The molecule has 0 aliphatic carbocycles. The highest BCUT2D eigenvalue weighted by Gasteiger charge is 2.37. The number of nitro groups is 1. The number of non-ortho nitro benzene ring substituents is 1. The van der Waals surface area contributed by atoms with Crippen LogP contribution in [0.5, 0.6) is 0 Å². The SMILES string of the molecule is O=[N+]([O-])c1ccc(CS(=O)(=O)C(Cl)(Cl)Cl)cc1. The molecule has 0 amide bonds. The minimum Gasteiger partial charge on any atom is -0.258 e. The zero-order chi connectivity index (χ0) is 13.3. The van der Waals surface area contributed by atoms with Crippen LogP contribution in [0.15, 0.2) is 24.3 Å². The minimum atomic E-state index is -3.96. The molecule has 0 aromatic heterocycles. The highest BCUT2D eigenvalue weighted by Crippen LogP contribution is 2.35. The van der Waals surface area contributed by atoms with E-state index in [-0.39, 0.29) is 5.69 Å². The van der Waals surface area contributed by atoms with Gasteiger partial charge in [0.15, 0.2) is 0 Å². The molecule has 0 saturated heterocycles. The smallest absolute Gasteiger partial charge is 0.258 e. The monoisotopic (exact) mass is 317 g/mol. The van der Waals surface area contributed by atoms with Crippen LogP contribution in [0.2, 0.25) is 0 Å². The Balaban J connectivity index is 2.95. The standard InChI is InChI=1S/C8H6Cl3NO4S/c9-8(10,11)17(15,16)5-6-1-3-7(4-2-6)12(13)14/h1-4H,5H2. The van der Waals surface area contributed by atoms with Gasteiger partial charge in [0, 0.05) is 12.1 Å². The summed E-state index contributed by atoms with van der Waals surface area (Å²) in [5.41, 5.74) is 0.168. The Morgan fingerprint density at radius 2 is 1.65 bits per heavy atom. The summed E-state index contributed by atoms with van der Waals surface area (Å²) in [4.78, 5) is 9.79. The average molecular weight is 319 g/mol. The van der Waals surface area contributed by atoms with E-state index in [0.717, 1.165) is 0 Å². The van der Waals surface area contributed by atoms with Crippen molar-refractivity contribution in [2.45, 2.75) is 8.88 Å². The number of benzene rings is 1. The normalized spacial score (nSPS) is 12.4. The maximum absolute atomic E-state index is 11.5. The van der Waals surface area contributed by atoms with E-state index in [1.54, 1.807) is 0 Å². The second-order valence-corrected chi connectivity index (χ2v) is 8.21. The van der Waals surface area contributed by atoms with Crippen molar-refractivity contribution < 1.29 is 13.3 Å². The van der Waals surface area contributed by atoms with Gasteiger partial charge in [-0.2, -0.15) is 0 Å². The Morgan fingerprint density at radius 1 is 1.18 bits per heavy atom. The van der Waals surface area contributed by atoms with Gasteiger partial charge in [0.2, 0.25) is 9.84 Å². The van der Waals surface area contributed by atoms with Crippen LogP contribution in [-0.2, 0) is 15.6 Å². The van der Waals surface area contributed by atoms with E-state index < -0.39 is 23.6 Å². The van der Waals surface area contributed by atoms with Crippen molar-refractivity contribution in [3.63, 3.8) is 0 Å². The van der Waals surface area contributed by atoms with Gasteiger partial charge in [0.25, 0.3) is 8.81 Å². The van der Waals surface area contributed by atoms with E-state index in [4.69, 9.17) is 34.8 Å². The van der Waals surface area contributed by atoms with Crippen molar-refractivity contribution in [1.29, 1.82) is 0 Å². The summed E-state index contributed by atoms with van der Waals surface area (Å²) in [6.45, 7) is 0. The highest BCUT2D eigenvalue weighted by molar-refractivity contribution is 7.96. The molecular weight excluding hydrogens is 313 g/mol. The van der Waals surface area contributed by atoms with E-state index in [9.17, 15) is 18.5 Å². The van der Waals surface area contributed by atoms with Crippen molar-refractivity contribution in [2.24, 2.45) is 0 Å². The fourth-order valence-electron chi connectivity index (χ4n) is 1.02. The lowest BCUT2D eigenvalue weighted by molar-refractivity contribution is -0.384. The zero-order valence-electron chi connectivity index (χ0n) is 8.14. The first-order chi connectivity index (χ1) is 7.63. The van der Waals surface area contributed by atoms with Crippen LogP contribution >= 0.6 is 34.8 Å². The Bertz CT molecular complexity index is 521. The summed E-state index contributed by atoms with van der Waals surface area (Å²) in [5, 5.41) is 10.4. The van der Waals surface area contributed by atoms with Crippen molar-refractivity contribution >= 4 is 50.3 Å². The second kappa shape index (κ2) is 4.97. The lowest BCUT2D eigenvalue weighted by Gasteiger charge is -2.11. The molecule has 0 saturated carbocycles. The van der Waals surface area contributed by atoms with E-state index in [1.807, 2.05) is 0 Å². The molecule has 1 aromatic carbocycles. The van der Waals surface area contributed by atoms with Crippen LogP contribution in [0, 0.1) is 10.1 Å². The molecular formula is C8H6Cl3NO4S. The topological polar surface area (TPSA) is 77.3 Å². The first-order valence-electron chi connectivity index (χ1n) is 4.16. The lowest BCUT2D eigenvalue weighted by atomic mass is 10.2. The van der Waals surface area contributed by atoms with Crippen molar-refractivity contribution in [1.82, 2.24) is 0 Å². The second-order valence-electron chi connectivity index (χ2n) is 3.13. The number of nitrogens with zero attached hydrogens (tertiary/aromatic N) is 1. The average Bonchev–Trinajstić information content (AvgIpc) is 2.16. The summed E-state index contributed by atoms with van der Waals surface area (Å²) in [7, 11) is -3.96. The van der Waals surface area contributed by atoms with Crippen LogP contribution in [-0.4, -0.2) is 16.5 Å². The molecule has 0 unspecified atom stereocenters. The third kappa shape index (κ3) is 3.70. The van der Waals surface area contributed by atoms with E-state index in [2.05, 4.69) is 0 Å². The number of alkyl halides is 3. The summed E-state index contributed by atoms with van der Waals surface area (Å²) < 4.78 is 20.6. The fourth-order valence-corrected chi connectivity index (χ4v) is 2.30. The van der Waals surface area contributed by atoms with Crippen molar-refractivity contribution in [2.75, 3.05) is 0 Å². The Labute approximate surface area is 112 Å². The highest BCUT2D eigenvalue weighted by atomic mass is 35.6. The number of hydrogen-bond donors (Lipinski definition) is 0. The number of rotatable bonds is 3. The molecule has 94 valence electrons. The summed E-state index contributed by atoms with van der Waals surface area (Å²) >= 11 is 15.9. The van der Waals surface area contributed by atoms with Gasteiger partial charge in [0.1, 0.15) is 0 Å². The van der Waals surface area contributed by atoms with Gasteiger partial charge in [-0.25, -0.2) is 8.42 Å². The fraction of sp³-hybridized carbons (Fsp3) is 0.250. The molecule has 0 bridgehead atoms. The first-order valence-corrected chi connectivity index (χ1v) is 6.94. The molecule has 1 aromatic rings. The van der Waals surface area contributed by atoms with E-state index in [0.29, 0.717) is 5.56 Å². The number of nitro benzene ring substituents is 1. The van der Waals surface area contributed by atoms with Gasteiger partial charge in [0.05, 0.1) is 10.7 Å². The minimum absolute atomic E-state index is 0.139. The number of hydrogen-bond acceptors (Lipinski definition) is 4. The molecule has 5 nitrogen and oxygen atoms in total. The quantitative estimate of drug-likeness (QED) is 0.488. The summed E-state index contributed by atoms with van der Waals surface area (Å²) in [6.07, 6.45) is 0. The van der Waals surface area contributed by atoms with E-state index in [1.165, 1.54) is 24.3 Å². The number of sulfone groups is 1. The van der Waals surface area contributed by atoms with Crippen LogP contribution in [0.3, 0.4) is 0 Å². The Morgan fingerprint density at radius 3 is 2.00 bits per heavy atom. The van der Waals surface area contributed by atoms with Gasteiger partial charge < -0.3 is 0 Å². The van der Waals surface area contributed by atoms with Gasteiger partial charge in [-0.05, 0) is 5.56 Å². The maximum atomic E-state index is 11.5. The number of halogens is 3. The van der Waals surface area contributed by atoms with Crippen LogP contribution < -0.4 is 0 Å². The van der Waals surface area contributed by atoms with Gasteiger partial charge in [-0.1, -0.05) is 46.9 Å². The van der Waals surface area contributed by atoms with Crippen LogP contribution in [0.25, 0.3) is 0 Å². The molecule has 0 radical (unpaired) electrons. The molecule has 0 aliphatic heterocycles. The van der Waals surface area contributed by atoms with Gasteiger partial charge in [-0.15, -0.1) is 0 Å². The summed E-state index contributed by atoms with van der Waals surface area (Å²) in [6, 6.07) is 4.96. The van der Waals surface area contributed by atoms with Crippen LogP contribution in [0.4, 0.5) is 5.69 Å². The third-order valence-corrected chi connectivity index (χ3v) is 5.39. The molecule has 0 fully saturated rings. The molecule has 17 heavy (non-hydrogen) atoms. The van der Waals surface area contributed by atoms with Gasteiger partial charge >= 0.3 is 0 Å². The van der Waals surface area contributed by atoms with E-state index >= 15 is 0 Å². The zero-order valence-corrected chi connectivity index (χ0v) is 11.2. The molecule has 9 heteroatoms. The predicted molar refractivity (Wildman–Crippen MR) is 66.0 cm³/mol. The Kier molecular flexibility index (Phi) is 4.24. The molecule has 1 rings (SSSR count). The van der Waals surface area contributed by atoms with Crippen molar-refractivity contribution in [3.8, 4) is 0 Å². The predicted octanol–water partition coefficient (Wildman–Crippen LogP) is 2.84. The lowest BCUT2D eigenvalue weighted by Crippen LogP contribution is -2.21. The Hall–Kier alpha value is -0.560. The van der Waals surface area contributed by atoms with Crippen LogP contribution in [0.1, 0.15) is 5.56 Å². The van der Waals surface area contributed by atoms with Gasteiger partial charge in [-0.3, -0.25) is 10.1 Å². The maximum Gasteiger partial charge on any atom is 0.292 e. The summed E-state index contributed by atoms with van der Waals surface area (Å²) in [5.74, 6) is -0.499. The molecule has 0 atom stereocenters. The molecule has 0 spiro atoms. The molecule has 0 aliphatic rings. The molecule has 0 heterocycles. The van der Waals surface area contributed by atoms with Crippen molar-refractivity contribution in [3.05, 3.63) is 39.9 Å². The third-order valence-electron chi connectivity index (χ3n) is 1.86. The largest absolute Gasteiger partial charge is 0.292 e.